The lowest BCUT2D eigenvalue weighted by molar-refractivity contribution is 0.0496. The number of hydrogen-bond acceptors (Lipinski definition) is 2. The van der Waals surface area contributed by atoms with Crippen LogP contribution < -0.4 is 0 Å². The molecule has 0 bridgehead atoms. The first kappa shape index (κ1) is 8.23. The van der Waals surface area contributed by atoms with Gasteiger partial charge in [-0.15, -0.1) is 0 Å². The van der Waals surface area contributed by atoms with Crippen LogP contribution in [-0.4, -0.2) is 28.4 Å². The molecule has 1 atom stereocenters. The summed E-state index contributed by atoms with van der Waals surface area (Å²) in [5.41, 5.74) is 0.550. The molecule has 0 saturated carbocycles. The van der Waals surface area contributed by atoms with Crippen LogP contribution in [0.4, 0.5) is 0 Å². The van der Waals surface area contributed by atoms with Gasteiger partial charge in [0, 0.05) is 18.8 Å². The highest BCUT2D eigenvalue weighted by Crippen LogP contribution is 2.18. The number of hydrogen-bond donors (Lipinski definition) is 0. The summed E-state index contributed by atoms with van der Waals surface area (Å²) in [6.45, 7) is 2.93. The number of amides is 1. The number of rotatable bonds is 1. The second-order valence-electron chi connectivity index (χ2n) is 3.35. The molecule has 1 fully saturated rings. The van der Waals surface area contributed by atoms with Crippen LogP contribution >= 0.6 is 0 Å². The molecule has 13 heavy (non-hydrogen) atoms. The van der Waals surface area contributed by atoms with E-state index in [1.54, 1.807) is 12.3 Å². The van der Waals surface area contributed by atoms with Gasteiger partial charge in [-0.05, 0) is 25.5 Å². The maximum Gasteiger partial charge on any atom is 0.272 e. The number of pyridine rings is 1. The Kier molecular flexibility index (Phi) is 2.00. The molecular weight excluding hydrogens is 164 g/mol. The maximum absolute atomic E-state index is 11.7. The Hall–Kier alpha value is -1.38. The highest BCUT2D eigenvalue weighted by atomic mass is 16.2. The predicted molar refractivity (Wildman–Crippen MR) is 49.4 cm³/mol. The summed E-state index contributed by atoms with van der Waals surface area (Å²) in [5, 5.41) is 0. The van der Waals surface area contributed by atoms with Gasteiger partial charge in [0.25, 0.3) is 5.91 Å². The Morgan fingerprint density at radius 3 is 2.92 bits per heavy atom. The van der Waals surface area contributed by atoms with Gasteiger partial charge in [0.05, 0.1) is 0 Å². The van der Waals surface area contributed by atoms with Crippen molar-refractivity contribution in [3.63, 3.8) is 0 Å². The molecule has 1 saturated heterocycles. The van der Waals surface area contributed by atoms with Crippen molar-refractivity contribution in [3.05, 3.63) is 30.1 Å². The average Bonchev–Trinajstić information content (AvgIpc) is 2.17. The van der Waals surface area contributed by atoms with Crippen LogP contribution in [0, 0.1) is 0 Å². The molecule has 1 amide bonds. The van der Waals surface area contributed by atoms with Crippen LogP contribution in [0.5, 0.6) is 0 Å². The minimum Gasteiger partial charge on any atom is -0.334 e. The highest BCUT2D eigenvalue weighted by Gasteiger charge is 2.29. The second kappa shape index (κ2) is 3.17. The molecule has 3 heteroatoms. The van der Waals surface area contributed by atoms with Crippen LogP contribution in [0.25, 0.3) is 0 Å². The molecule has 1 aromatic heterocycles. The van der Waals surface area contributed by atoms with Crippen LogP contribution in [0.15, 0.2) is 24.4 Å². The minimum absolute atomic E-state index is 0.0550. The molecule has 0 aliphatic carbocycles. The first-order valence-electron chi connectivity index (χ1n) is 4.51. The van der Waals surface area contributed by atoms with Crippen LogP contribution in [0.2, 0.25) is 0 Å². The van der Waals surface area contributed by atoms with Crippen LogP contribution in [0.3, 0.4) is 0 Å². The zero-order valence-electron chi connectivity index (χ0n) is 7.60. The fraction of sp³-hybridized carbons (Fsp3) is 0.400. The van der Waals surface area contributed by atoms with Crippen molar-refractivity contribution < 1.29 is 4.79 Å². The van der Waals surface area contributed by atoms with Crippen molar-refractivity contribution in [1.82, 2.24) is 9.88 Å². The van der Waals surface area contributed by atoms with E-state index < -0.39 is 0 Å². The second-order valence-corrected chi connectivity index (χ2v) is 3.35. The lowest BCUT2D eigenvalue weighted by Crippen LogP contribution is -2.49. The topological polar surface area (TPSA) is 33.2 Å². The summed E-state index contributed by atoms with van der Waals surface area (Å²) in [5.74, 6) is 0.0550. The summed E-state index contributed by atoms with van der Waals surface area (Å²) in [6.07, 6.45) is 2.76. The molecule has 0 N–H and O–H groups in total. The number of carbonyl (C=O) groups excluding carboxylic acids is 1. The third-order valence-corrected chi connectivity index (χ3v) is 2.46. The number of carbonyl (C=O) groups is 1. The maximum atomic E-state index is 11.7. The van der Waals surface area contributed by atoms with E-state index in [1.165, 1.54) is 0 Å². The molecule has 0 aromatic carbocycles. The third-order valence-electron chi connectivity index (χ3n) is 2.46. The normalized spacial score (nSPS) is 21.0. The summed E-state index contributed by atoms with van der Waals surface area (Å²) in [4.78, 5) is 17.6. The zero-order valence-corrected chi connectivity index (χ0v) is 7.60. The van der Waals surface area contributed by atoms with Gasteiger partial charge in [-0.2, -0.15) is 0 Å². The van der Waals surface area contributed by atoms with Crippen molar-refractivity contribution in [1.29, 1.82) is 0 Å². The molecule has 0 radical (unpaired) electrons. The SMILES string of the molecule is CC1CCN1C(=O)c1ccccn1. The average molecular weight is 176 g/mol. The van der Waals surface area contributed by atoms with Crippen LogP contribution in [0.1, 0.15) is 23.8 Å². The van der Waals surface area contributed by atoms with Gasteiger partial charge < -0.3 is 4.90 Å². The summed E-state index contributed by atoms with van der Waals surface area (Å²) < 4.78 is 0. The van der Waals surface area contributed by atoms with Gasteiger partial charge in [0.15, 0.2) is 0 Å². The van der Waals surface area contributed by atoms with E-state index >= 15 is 0 Å². The van der Waals surface area contributed by atoms with Gasteiger partial charge >= 0.3 is 0 Å². The molecule has 1 aromatic rings. The Morgan fingerprint density at radius 1 is 1.62 bits per heavy atom. The molecule has 1 unspecified atom stereocenters. The lowest BCUT2D eigenvalue weighted by Gasteiger charge is -2.38. The van der Waals surface area contributed by atoms with Gasteiger partial charge in [-0.25, -0.2) is 0 Å². The molecule has 1 aliphatic rings. The van der Waals surface area contributed by atoms with Crippen molar-refractivity contribution in [2.45, 2.75) is 19.4 Å². The van der Waals surface area contributed by atoms with E-state index in [1.807, 2.05) is 17.0 Å². The first-order chi connectivity index (χ1) is 6.29. The van der Waals surface area contributed by atoms with Crippen molar-refractivity contribution in [3.8, 4) is 0 Å². The predicted octanol–water partition coefficient (Wildman–Crippen LogP) is 1.32. The first-order valence-corrected chi connectivity index (χ1v) is 4.51. The largest absolute Gasteiger partial charge is 0.334 e. The molecule has 2 rings (SSSR count). The Bertz CT molecular complexity index is 310. The molecular formula is C10H12N2O. The van der Waals surface area contributed by atoms with E-state index in [9.17, 15) is 4.79 Å². The van der Waals surface area contributed by atoms with E-state index in [0.717, 1.165) is 13.0 Å². The van der Waals surface area contributed by atoms with Gasteiger partial charge in [-0.3, -0.25) is 9.78 Å². The van der Waals surface area contributed by atoms with E-state index in [-0.39, 0.29) is 5.91 Å². The minimum atomic E-state index is 0.0550. The summed E-state index contributed by atoms with van der Waals surface area (Å²) >= 11 is 0. The third kappa shape index (κ3) is 1.41. The van der Waals surface area contributed by atoms with Crippen molar-refractivity contribution >= 4 is 5.91 Å². The van der Waals surface area contributed by atoms with Gasteiger partial charge in [0.2, 0.25) is 0 Å². The molecule has 1 aliphatic heterocycles. The summed E-state index contributed by atoms with van der Waals surface area (Å²) in [6, 6.07) is 5.79. The smallest absolute Gasteiger partial charge is 0.272 e. The highest BCUT2D eigenvalue weighted by molar-refractivity contribution is 5.92. The van der Waals surface area contributed by atoms with Gasteiger partial charge in [-0.1, -0.05) is 6.07 Å². The molecule has 68 valence electrons. The zero-order chi connectivity index (χ0) is 9.26. The Labute approximate surface area is 77.4 Å². The fourth-order valence-corrected chi connectivity index (χ4v) is 1.45. The lowest BCUT2D eigenvalue weighted by atomic mass is 10.0. The molecule has 0 spiro atoms. The molecule has 2 heterocycles. The summed E-state index contributed by atoms with van der Waals surface area (Å²) in [7, 11) is 0. The monoisotopic (exact) mass is 176 g/mol. The van der Waals surface area contributed by atoms with Gasteiger partial charge in [0.1, 0.15) is 5.69 Å². The quantitative estimate of drug-likeness (QED) is 0.646. The van der Waals surface area contributed by atoms with Crippen molar-refractivity contribution in [2.24, 2.45) is 0 Å². The van der Waals surface area contributed by atoms with Crippen LogP contribution in [-0.2, 0) is 0 Å². The Morgan fingerprint density at radius 2 is 2.46 bits per heavy atom. The van der Waals surface area contributed by atoms with E-state index in [4.69, 9.17) is 0 Å². The fourth-order valence-electron chi connectivity index (χ4n) is 1.45. The molecule has 3 nitrogen and oxygen atoms in total. The van der Waals surface area contributed by atoms with E-state index in [0.29, 0.717) is 11.7 Å². The number of likely N-dealkylation sites (tertiary alicyclic amines) is 1. The van der Waals surface area contributed by atoms with E-state index in [2.05, 4.69) is 11.9 Å². The van der Waals surface area contributed by atoms with Crippen molar-refractivity contribution in [2.75, 3.05) is 6.54 Å². The number of nitrogens with zero attached hydrogens (tertiary/aromatic N) is 2. The number of aromatic nitrogens is 1. The Balaban J connectivity index is 2.14. The standard InChI is InChI=1S/C10H12N2O/c1-8-5-7-12(8)10(13)9-4-2-3-6-11-9/h2-4,6,8H,5,7H2,1H3.